The van der Waals surface area contributed by atoms with E-state index in [4.69, 9.17) is 38.5 Å². The van der Waals surface area contributed by atoms with Crippen molar-refractivity contribution in [3.05, 3.63) is 0 Å². The number of hydrogen-bond donors (Lipinski definition) is 0. The van der Waals surface area contributed by atoms with Crippen molar-refractivity contribution in [3.63, 3.8) is 0 Å². The van der Waals surface area contributed by atoms with Crippen molar-refractivity contribution >= 4 is 15.6 Å². The molecule has 0 unspecified atom stereocenters. The summed E-state index contributed by atoms with van der Waals surface area (Å²) in [7, 11) is -10.8. The van der Waals surface area contributed by atoms with Crippen molar-refractivity contribution in [2.45, 2.75) is 0 Å². The van der Waals surface area contributed by atoms with Crippen LogP contribution in [0.25, 0.3) is 0 Å². The van der Waals surface area contributed by atoms with Gasteiger partial charge in [-0.05, 0) is 0 Å². The van der Waals surface area contributed by atoms with Gasteiger partial charge in [-0.15, -0.1) is 0 Å². The number of hydrogen-bond acceptors (Lipinski definition) is 8. The van der Waals surface area contributed by atoms with E-state index >= 15 is 0 Å². The Kier molecular flexibility index (Phi) is 52.7. The zero-order valence-corrected chi connectivity index (χ0v) is 11.3. The first kappa shape index (κ1) is 43.8. The molecule has 0 aromatic rings. The van der Waals surface area contributed by atoms with Crippen molar-refractivity contribution in [3.8, 4) is 0 Å². The molecule has 98 valence electrons. The minimum atomic E-state index is -5.39. The maximum atomic E-state index is 8.55. The second kappa shape index (κ2) is 18.1. The van der Waals surface area contributed by atoms with E-state index in [1.165, 1.54) is 0 Å². The average Bonchev–Trinajstić information content (AvgIpc) is 1.12. The summed E-state index contributed by atoms with van der Waals surface area (Å²) in [5.74, 6) is 0. The molecule has 10 nitrogen and oxygen atoms in total. The monoisotopic (exact) mass is 394 g/mol. The molecule has 0 amide bonds. The molecular weight excluding hydrogens is 389 g/mol. The maximum absolute atomic E-state index is 8.55. The molecule has 0 fully saturated rings. The number of rotatable bonds is 0. The van der Waals surface area contributed by atoms with Crippen LogP contribution >= 0.6 is 15.6 Å². The van der Waals surface area contributed by atoms with Crippen LogP contribution in [0.2, 0.25) is 0 Å². The molecular formula is H4Fe3O10P2. The van der Waals surface area contributed by atoms with E-state index in [0.29, 0.717) is 0 Å². The van der Waals surface area contributed by atoms with Gasteiger partial charge in [-0.2, -0.15) is 15.6 Å². The Hall–Kier alpha value is 1.70. The predicted octanol–water partition coefficient (Wildman–Crippen LogP) is -7.31. The van der Waals surface area contributed by atoms with Crippen LogP contribution in [0, 0.1) is 0 Å². The molecule has 0 aliphatic carbocycles. The maximum Gasteiger partial charge on any atom is 2.00 e. The van der Waals surface area contributed by atoms with Crippen LogP contribution in [0.1, 0.15) is 0 Å². The van der Waals surface area contributed by atoms with Gasteiger partial charge in [0.05, 0.1) is 0 Å². The zero-order chi connectivity index (χ0) is 9.00. The second-order valence-corrected chi connectivity index (χ2v) is 2.68. The Morgan fingerprint density at radius 1 is 0.533 bits per heavy atom. The molecule has 0 radical (unpaired) electrons. The van der Waals surface area contributed by atoms with Gasteiger partial charge in [-0.1, -0.05) is 0 Å². The largest absolute Gasteiger partial charge is 2.00 e. The van der Waals surface area contributed by atoms with Crippen molar-refractivity contribution < 1.29 is 101 Å². The van der Waals surface area contributed by atoms with Crippen LogP contribution in [0.4, 0.5) is 0 Å². The number of phosphoric acid groups is 2. The first-order chi connectivity index (χ1) is 4.00. The van der Waals surface area contributed by atoms with Crippen LogP contribution in [-0.2, 0) is 60.3 Å². The topological polar surface area (TPSA) is 236 Å². The minimum absolute atomic E-state index is 0. The van der Waals surface area contributed by atoms with Gasteiger partial charge in [-0.3, -0.25) is 0 Å². The molecule has 15 heavy (non-hydrogen) atoms. The Labute approximate surface area is 116 Å². The quantitative estimate of drug-likeness (QED) is 0.282. The fourth-order valence-corrected chi connectivity index (χ4v) is 0. The van der Waals surface area contributed by atoms with Gasteiger partial charge in [0.15, 0.2) is 0 Å². The van der Waals surface area contributed by atoms with Gasteiger partial charge in [0.25, 0.3) is 0 Å². The summed E-state index contributed by atoms with van der Waals surface area (Å²) in [5.41, 5.74) is 0. The van der Waals surface area contributed by atoms with E-state index in [9.17, 15) is 0 Å². The first-order valence-corrected chi connectivity index (χ1v) is 4.38. The average molecular weight is 394 g/mol. The van der Waals surface area contributed by atoms with Crippen molar-refractivity contribution in [2.75, 3.05) is 0 Å². The summed E-state index contributed by atoms with van der Waals surface area (Å²) in [4.78, 5) is 51.3. The summed E-state index contributed by atoms with van der Waals surface area (Å²) in [6.45, 7) is 0. The normalized spacial score (nSPS) is 7.87. The molecule has 15 heteroatoms. The van der Waals surface area contributed by atoms with E-state index in [1.54, 1.807) is 0 Å². The summed E-state index contributed by atoms with van der Waals surface area (Å²) in [6, 6.07) is 0. The van der Waals surface area contributed by atoms with E-state index in [0.717, 1.165) is 0 Å². The Morgan fingerprint density at radius 2 is 0.533 bits per heavy atom. The van der Waals surface area contributed by atoms with Gasteiger partial charge in [0.1, 0.15) is 0 Å². The third-order valence-electron chi connectivity index (χ3n) is 0. The fraction of sp³-hybridized carbons (Fsp3) is 0. The SMILES string of the molecule is O.O.O=P([O-])([O-])[O-].O=P([O-])([O-])[O-].[Fe+2].[Fe+2].[Fe+2]. The van der Waals surface area contributed by atoms with Gasteiger partial charge in [0.2, 0.25) is 0 Å². The molecule has 0 aromatic carbocycles. The summed E-state index contributed by atoms with van der Waals surface area (Å²) >= 11 is 0. The first-order valence-electron chi connectivity index (χ1n) is 1.46. The van der Waals surface area contributed by atoms with E-state index < -0.39 is 15.6 Å². The molecule has 4 N–H and O–H groups in total. The Bertz CT molecular complexity index is 131. The molecule has 0 aromatic heterocycles. The molecule has 0 rings (SSSR count). The third kappa shape index (κ3) is 1020. The van der Waals surface area contributed by atoms with Gasteiger partial charge in [0, 0.05) is 0 Å². The molecule has 0 spiro atoms. The van der Waals surface area contributed by atoms with E-state index in [1.807, 2.05) is 0 Å². The van der Waals surface area contributed by atoms with Crippen LogP contribution in [0.3, 0.4) is 0 Å². The summed E-state index contributed by atoms with van der Waals surface area (Å²) in [6.07, 6.45) is 0. The smallest absolute Gasteiger partial charge is 0.822 e. The summed E-state index contributed by atoms with van der Waals surface area (Å²) in [5, 5.41) is 0. The van der Waals surface area contributed by atoms with Gasteiger partial charge < -0.3 is 49.4 Å². The molecule has 0 aliphatic heterocycles. The van der Waals surface area contributed by atoms with Crippen LogP contribution in [-0.4, -0.2) is 11.0 Å². The molecule has 0 saturated carbocycles. The Morgan fingerprint density at radius 3 is 0.533 bits per heavy atom. The second-order valence-electron chi connectivity index (χ2n) is 0.894. The van der Waals surface area contributed by atoms with E-state index in [2.05, 4.69) is 0 Å². The van der Waals surface area contributed by atoms with Crippen molar-refractivity contribution in [1.82, 2.24) is 0 Å². The molecule has 0 aliphatic rings. The predicted molar refractivity (Wildman–Crippen MR) is 22.4 cm³/mol. The third-order valence-corrected chi connectivity index (χ3v) is 0. The molecule has 0 atom stereocenters. The Balaban J connectivity index is -0.0000000128. The molecule has 0 bridgehead atoms. The summed E-state index contributed by atoms with van der Waals surface area (Å²) < 4.78 is 17.1. The molecule has 0 saturated heterocycles. The van der Waals surface area contributed by atoms with Crippen molar-refractivity contribution in [2.24, 2.45) is 0 Å². The standard InChI is InChI=1S/3Fe.2H3O4P.2H2O/c;;;2*1-5(2,3)4;;/h;;;2*(H3,1,2,3,4);2*1H2/q3*+2;;;;/p-6. The fourth-order valence-electron chi connectivity index (χ4n) is 0. The van der Waals surface area contributed by atoms with Gasteiger partial charge >= 0.3 is 51.2 Å². The molecule has 0 heterocycles. The van der Waals surface area contributed by atoms with Crippen molar-refractivity contribution in [1.29, 1.82) is 0 Å². The van der Waals surface area contributed by atoms with Crippen LogP contribution in [0.5, 0.6) is 0 Å². The van der Waals surface area contributed by atoms with Gasteiger partial charge in [-0.25, -0.2) is 0 Å². The zero-order valence-electron chi connectivity index (χ0n) is 6.22. The van der Waals surface area contributed by atoms with Crippen LogP contribution < -0.4 is 29.4 Å². The minimum Gasteiger partial charge on any atom is -0.822 e. The van der Waals surface area contributed by atoms with Crippen LogP contribution in [0.15, 0.2) is 0 Å². The van der Waals surface area contributed by atoms with E-state index in [-0.39, 0.29) is 62.2 Å².